The average molecular weight is 384 g/mol. The number of amides is 1. The normalized spacial score (nSPS) is 14.2. The summed E-state index contributed by atoms with van der Waals surface area (Å²) in [7, 11) is 0. The van der Waals surface area contributed by atoms with Gasteiger partial charge in [0.05, 0.1) is 5.69 Å². The molecule has 150 valence electrons. The van der Waals surface area contributed by atoms with Crippen molar-refractivity contribution >= 4 is 17.7 Å². The Morgan fingerprint density at radius 1 is 1.14 bits per heavy atom. The molecule has 3 rings (SSSR count). The van der Waals surface area contributed by atoms with Gasteiger partial charge in [-0.1, -0.05) is 6.07 Å². The van der Waals surface area contributed by atoms with Gasteiger partial charge in [0.25, 0.3) is 5.56 Å². The Labute approximate surface area is 165 Å². The van der Waals surface area contributed by atoms with E-state index in [1.807, 2.05) is 46.8 Å². The predicted molar refractivity (Wildman–Crippen MR) is 109 cm³/mol. The molecule has 1 aromatic carbocycles. The minimum Gasteiger partial charge on any atom is -0.444 e. The zero-order valence-electron chi connectivity index (χ0n) is 17.2. The van der Waals surface area contributed by atoms with Gasteiger partial charge in [-0.15, -0.1) is 0 Å². The Balaban J connectivity index is 1.79. The topological polar surface area (TPSA) is 87.3 Å². The number of aromatic nitrogens is 2. The molecule has 2 N–H and O–H groups in total. The second-order valence-electron chi connectivity index (χ2n) is 8.31. The molecule has 1 aromatic heterocycles. The van der Waals surface area contributed by atoms with E-state index in [-0.39, 0.29) is 11.7 Å². The first-order chi connectivity index (χ1) is 13.1. The van der Waals surface area contributed by atoms with Crippen molar-refractivity contribution in [1.82, 2.24) is 14.9 Å². The standard InChI is InChI=1S/C21H28N4O3/c1-13-10-14(2)12-15(11-13)22-19-23-17-7-9-25(20(27)28-21(3,4)5)8-6-16(17)18(26)24-19/h10-12H,6-9H2,1-5H3,(H2,22,23,24,26). The molecule has 7 nitrogen and oxygen atoms in total. The fourth-order valence-corrected chi connectivity index (χ4v) is 3.36. The molecule has 0 saturated carbocycles. The summed E-state index contributed by atoms with van der Waals surface area (Å²) in [4.78, 5) is 34.0. The highest BCUT2D eigenvalue weighted by Crippen LogP contribution is 2.19. The summed E-state index contributed by atoms with van der Waals surface area (Å²) in [5.74, 6) is 0.416. The number of carbonyl (C=O) groups is 1. The number of benzene rings is 1. The molecule has 1 aliphatic rings. The second-order valence-corrected chi connectivity index (χ2v) is 8.31. The summed E-state index contributed by atoms with van der Waals surface area (Å²) in [6.07, 6.45) is 0.617. The molecule has 0 saturated heterocycles. The lowest BCUT2D eigenvalue weighted by atomic mass is 10.1. The van der Waals surface area contributed by atoms with Crippen LogP contribution in [0.3, 0.4) is 0 Å². The number of carbonyl (C=O) groups excluding carboxylic acids is 1. The van der Waals surface area contributed by atoms with Crippen LogP contribution in [-0.4, -0.2) is 39.7 Å². The number of ether oxygens (including phenoxy) is 1. The first-order valence-electron chi connectivity index (χ1n) is 9.56. The highest BCUT2D eigenvalue weighted by Gasteiger charge is 2.25. The number of fused-ring (bicyclic) bond motifs is 1. The van der Waals surface area contributed by atoms with Crippen LogP contribution >= 0.6 is 0 Å². The summed E-state index contributed by atoms with van der Waals surface area (Å²) < 4.78 is 5.46. The molecule has 0 bridgehead atoms. The third kappa shape index (κ3) is 4.91. The first-order valence-corrected chi connectivity index (χ1v) is 9.56. The van der Waals surface area contributed by atoms with Gasteiger partial charge in [-0.05, 0) is 64.3 Å². The zero-order chi connectivity index (χ0) is 20.5. The van der Waals surface area contributed by atoms with Gasteiger partial charge in [-0.3, -0.25) is 9.78 Å². The maximum atomic E-state index is 12.6. The number of aromatic amines is 1. The summed E-state index contributed by atoms with van der Waals surface area (Å²) in [6.45, 7) is 10.5. The van der Waals surface area contributed by atoms with E-state index in [9.17, 15) is 9.59 Å². The van der Waals surface area contributed by atoms with Gasteiger partial charge in [-0.25, -0.2) is 9.78 Å². The molecule has 7 heteroatoms. The number of nitrogens with one attached hydrogen (secondary N) is 2. The Kier molecular flexibility index (Phi) is 5.45. The molecule has 1 amide bonds. The number of aryl methyl sites for hydroxylation is 2. The fraction of sp³-hybridized carbons (Fsp3) is 0.476. The number of anilines is 2. The van der Waals surface area contributed by atoms with Crippen LogP contribution in [0, 0.1) is 13.8 Å². The van der Waals surface area contributed by atoms with Crippen LogP contribution in [0.15, 0.2) is 23.0 Å². The number of nitrogens with zero attached hydrogens (tertiary/aromatic N) is 2. The van der Waals surface area contributed by atoms with E-state index in [1.54, 1.807) is 4.90 Å². The largest absolute Gasteiger partial charge is 0.444 e. The van der Waals surface area contributed by atoms with Gasteiger partial charge in [0.2, 0.25) is 5.95 Å². The summed E-state index contributed by atoms with van der Waals surface area (Å²) in [5.41, 5.74) is 3.79. The third-order valence-electron chi connectivity index (χ3n) is 4.49. The van der Waals surface area contributed by atoms with Crippen molar-refractivity contribution in [3.05, 3.63) is 50.9 Å². The minimum atomic E-state index is -0.547. The van der Waals surface area contributed by atoms with Gasteiger partial charge in [-0.2, -0.15) is 0 Å². The van der Waals surface area contributed by atoms with Crippen molar-refractivity contribution < 1.29 is 9.53 Å². The molecular weight excluding hydrogens is 356 g/mol. The lowest BCUT2D eigenvalue weighted by molar-refractivity contribution is 0.0258. The van der Waals surface area contributed by atoms with Crippen LogP contribution in [0.5, 0.6) is 0 Å². The quantitative estimate of drug-likeness (QED) is 0.828. The van der Waals surface area contributed by atoms with E-state index in [1.165, 1.54) is 0 Å². The molecule has 0 aliphatic carbocycles. The van der Waals surface area contributed by atoms with E-state index in [0.29, 0.717) is 37.4 Å². The highest BCUT2D eigenvalue weighted by atomic mass is 16.6. The van der Waals surface area contributed by atoms with Crippen molar-refractivity contribution in [3.8, 4) is 0 Å². The number of hydrogen-bond donors (Lipinski definition) is 2. The molecule has 0 atom stereocenters. The van der Waals surface area contributed by atoms with E-state index in [4.69, 9.17) is 4.74 Å². The molecule has 0 radical (unpaired) electrons. The molecule has 2 aromatic rings. The fourth-order valence-electron chi connectivity index (χ4n) is 3.36. The maximum Gasteiger partial charge on any atom is 0.410 e. The van der Waals surface area contributed by atoms with E-state index >= 15 is 0 Å². The van der Waals surface area contributed by atoms with Gasteiger partial charge in [0.15, 0.2) is 0 Å². The minimum absolute atomic E-state index is 0.164. The Morgan fingerprint density at radius 3 is 2.43 bits per heavy atom. The summed E-state index contributed by atoms with van der Waals surface area (Å²) in [5, 5.41) is 3.19. The van der Waals surface area contributed by atoms with Crippen molar-refractivity contribution in [2.75, 3.05) is 18.4 Å². The van der Waals surface area contributed by atoms with Crippen LogP contribution in [0.2, 0.25) is 0 Å². The molecule has 0 fully saturated rings. The predicted octanol–water partition coefficient (Wildman–Crippen LogP) is 3.47. The number of H-pyrrole nitrogens is 1. The molecule has 0 unspecified atom stereocenters. The van der Waals surface area contributed by atoms with Crippen LogP contribution in [-0.2, 0) is 17.6 Å². The Hall–Kier alpha value is -2.83. The maximum absolute atomic E-state index is 12.6. The van der Waals surface area contributed by atoms with Crippen LogP contribution in [0.1, 0.15) is 43.2 Å². The van der Waals surface area contributed by atoms with Crippen molar-refractivity contribution in [2.45, 2.75) is 53.1 Å². The Bertz CT molecular complexity index is 923. The van der Waals surface area contributed by atoms with Crippen LogP contribution < -0.4 is 10.9 Å². The Morgan fingerprint density at radius 2 is 1.79 bits per heavy atom. The van der Waals surface area contributed by atoms with Crippen molar-refractivity contribution in [3.63, 3.8) is 0 Å². The summed E-state index contributed by atoms with van der Waals surface area (Å²) in [6, 6.07) is 6.09. The number of rotatable bonds is 2. The van der Waals surface area contributed by atoms with E-state index in [2.05, 4.69) is 21.4 Å². The second kappa shape index (κ2) is 7.66. The molecular formula is C21H28N4O3. The van der Waals surface area contributed by atoms with Gasteiger partial charge in [0, 0.05) is 30.8 Å². The molecule has 28 heavy (non-hydrogen) atoms. The monoisotopic (exact) mass is 384 g/mol. The van der Waals surface area contributed by atoms with Gasteiger partial charge < -0.3 is 15.0 Å². The molecule has 1 aliphatic heterocycles. The third-order valence-corrected chi connectivity index (χ3v) is 4.49. The first kappa shape index (κ1) is 19.9. The van der Waals surface area contributed by atoms with E-state index < -0.39 is 5.60 Å². The average Bonchev–Trinajstić information content (AvgIpc) is 2.75. The smallest absolute Gasteiger partial charge is 0.410 e. The van der Waals surface area contributed by atoms with Crippen molar-refractivity contribution in [2.24, 2.45) is 0 Å². The van der Waals surface area contributed by atoms with E-state index in [0.717, 1.165) is 22.5 Å². The zero-order valence-corrected chi connectivity index (χ0v) is 17.2. The SMILES string of the molecule is Cc1cc(C)cc(Nc2nc3c(c(=O)[nH]2)CCN(C(=O)OC(C)(C)C)CC3)c1. The van der Waals surface area contributed by atoms with Crippen LogP contribution in [0.25, 0.3) is 0 Å². The highest BCUT2D eigenvalue weighted by molar-refractivity contribution is 5.68. The van der Waals surface area contributed by atoms with Crippen molar-refractivity contribution in [1.29, 1.82) is 0 Å². The van der Waals surface area contributed by atoms with Crippen LogP contribution in [0.4, 0.5) is 16.4 Å². The lowest BCUT2D eigenvalue weighted by Crippen LogP contribution is -2.38. The van der Waals surface area contributed by atoms with Gasteiger partial charge in [0.1, 0.15) is 5.60 Å². The lowest BCUT2D eigenvalue weighted by Gasteiger charge is -2.26. The molecule has 2 heterocycles. The van der Waals surface area contributed by atoms with Gasteiger partial charge >= 0.3 is 6.09 Å². The number of hydrogen-bond acceptors (Lipinski definition) is 5. The summed E-state index contributed by atoms with van der Waals surface area (Å²) >= 11 is 0. The molecule has 0 spiro atoms.